The van der Waals surface area contributed by atoms with Crippen LogP contribution in [0.25, 0.3) is 11.0 Å². The van der Waals surface area contributed by atoms with Gasteiger partial charge in [0.1, 0.15) is 11.3 Å². The zero-order chi connectivity index (χ0) is 21.7. The second kappa shape index (κ2) is 9.68. The molecule has 0 saturated heterocycles. The molecule has 8 heteroatoms. The fraction of sp³-hybridized carbons (Fsp3) is 0.455. The Labute approximate surface area is 178 Å². The van der Waals surface area contributed by atoms with Crippen LogP contribution >= 0.6 is 0 Å². The van der Waals surface area contributed by atoms with E-state index in [-0.39, 0.29) is 16.9 Å². The fourth-order valence-electron chi connectivity index (χ4n) is 3.37. The third-order valence-corrected chi connectivity index (χ3v) is 6.96. The minimum atomic E-state index is -3.62. The topological polar surface area (TPSA) is 86.1 Å². The summed E-state index contributed by atoms with van der Waals surface area (Å²) in [6, 6.07) is 8.69. The molecule has 0 radical (unpaired) electrons. The molecule has 0 bridgehead atoms. The Morgan fingerprint density at radius 3 is 2.57 bits per heavy atom. The second-order valence-electron chi connectivity index (χ2n) is 7.53. The number of nitrogens with one attached hydrogen (secondary N) is 1. The molecule has 0 fully saturated rings. The maximum atomic E-state index is 12.9. The number of sulfonamides is 1. The van der Waals surface area contributed by atoms with E-state index in [2.05, 4.69) is 19.3 Å². The molecular formula is C22H30N4O3S. The molecule has 3 rings (SSSR count). The van der Waals surface area contributed by atoms with Crippen molar-refractivity contribution in [1.82, 2.24) is 19.3 Å². The number of imidazole rings is 1. The third-order valence-electron chi connectivity index (χ3n) is 5.45. The number of hydrogen-bond acceptors (Lipinski definition) is 5. The Morgan fingerprint density at radius 1 is 1.17 bits per heavy atom. The highest BCUT2D eigenvalue weighted by atomic mass is 32.2. The predicted octanol–water partition coefficient (Wildman–Crippen LogP) is 3.52. The van der Waals surface area contributed by atoms with Crippen LogP contribution in [0.3, 0.4) is 0 Å². The van der Waals surface area contributed by atoms with Gasteiger partial charge < -0.3 is 9.30 Å². The van der Waals surface area contributed by atoms with Gasteiger partial charge in [-0.2, -0.15) is 0 Å². The number of rotatable bonds is 10. The highest BCUT2D eigenvalue weighted by molar-refractivity contribution is 7.89. The monoisotopic (exact) mass is 430 g/mol. The number of pyridine rings is 1. The van der Waals surface area contributed by atoms with Crippen molar-refractivity contribution < 1.29 is 13.2 Å². The van der Waals surface area contributed by atoms with E-state index in [1.54, 1.807) is 24.5 Å². The van der Waals surface area contributed by atoms with Crippen LogP contribution in [0.5, 0.6) is 0 Å². The average Bonchev–Trinajstić information content (AvgIpc) is 3.06. The van der Waals surface area contributed by atoms with Crippen LogP contribution in [0.15, 0.2) is 47.6 Å². The summed E-state index contributed by atoms with van der Waals surface area (Å²) in [7, 11) is -3.62. The standard InChI is InChI=1S/C22H30N4O3S/c1-5-16(3)21(15-29-6-2)25-30(27,28)19-9-7-18(8-10-19)14-26-17(4)24-20-13-23-12-11-22(20)26/h7-13,16,21,25H,5-6,14-15H2,1-4H3/t16?,21-/m1/s1. The molecule has 0 aliphatic carbocycles. The highest BCUT2D eigenvalue weighted by Gasteiger charge is 2.24. The van der Waals surface area contributed by atoms with E-state index >= 15 is 0 Å². The molecule has 2 heterocycles. The Balaban J connectivity index is 1.77. The van der Waals surface area contributed by atoms with Crippen LogP contribution in [0.4, 0.5) is 0 Å². The third kappa shape index (κ3) is 5.06. The minimum Gasteiger partial charge on any atom is -0.380 e. The molecule has 1 aromatic carbocycles. The largest absolute Gasteiger partial charge is 0.380 e. The van der Waals surface area contributed by atoms with Crippen LogP contribution in [-0.2, 0) is 21.3 Å². The first-order valence-corrected chi connectivity index (χ1v) is 11.8. The molecular weight excluding hydrogens is 400 g/mol. The van der Waals surface area contributed by atoms with Crippen molar-refractivity contribution in [2.45, 2.75) is 51.6 Å². The van der Waals surface area contributed by atoms with E-state index < -0.39 is 10.0 Å². The lowest BCUT2D eigenvalue weighted by molar-refractivity contribution is 0.112. The van der Waals surface area contributed by atoms with E-state index in [0.29, 0.717) is 19.8 Å². The Morgan fingerprint density at radius 2 is 1.90 bits per heavy atom. The SMILES string of the molecule is CCOC[C@@H](NS(=O)(=O)c1ccc(Cn2c(C)nc3cnccc32)cc1)C(C)CC. The van der Waals surface area contributed by atoms with Gasteiger partial charge >= 0.3 is 0 Å². The van der Waals surface area contributed by atoms with Crippen molar-refractivity contribution in [3.63, 3.8) is 0 Å². The summed E-state index contributed by atoms with van der Waals surface area (Å²) in [5, 5.41) is 0. The van der Waals surface area contributed by atoms with Gasteiger partial charge in [0.25, 0.3) is 0 Å². The van der Waals surface area contributed by atoms with Crippen molar-refractivity contribution in [2.75, 3.05) is 13.2 Å². The zero-order valence-corrected chi connectivity index (χ0v) is 18.8. The summed E-state index contributed by atoms with van der Waals surface area (Å²) < 4.78 is 36.2. The van der Waals surface area contributed by atoms with E-state index in [1.165, 1.54) is 0 Å². The number of nitrogens with zero attached hydrogens (tertiary/aromatic N) is 3. The number of aromatic nitrogens is 3. The molecule has 162 valence electrons. The van der Waals surface area contributed by atoms with Gasteiger partial charge in [0.05, 0.1) is 23.2 Å². The first kappa shape index (κ1) is 22.4. The van der Waals surface area contributed by atoms with E-state index in [9.17, 15) is 8.42 Å². The van der Waals surface area contributed by atoms with Crippen molar-refractivity contribution in [3.05, 3.63) is 54.1 Å². The first-order valence-electron chi connectivity index (χ1n) is 10.3. The molecule has 2 aromatic heterocycles. The summed E-state index contributed by atoms with van der Waals surface area (Å²) in [6.07, 6.45) is 4.36. The molecule has 3 aromatic rings. The Kier molecular flexibility index (Phi) is 7.23. The Bertz CT molecular complexity index is 1080. The van der Waals surface area contributed by atoms with Crippen LogP contribution in [-0.4, -0.2) is 42.2 Å². The van der Waals surface area contributed by atoms with E-state index in [0.717, 1.165) is 28.8 Å². The minimum absolute atomic E-state index is 0.178. The fourth-order valence-corrected chi connectivity index (χ4v) is 4.70. The van der Waals surface area contributed by atoms with Gasteiger partial charge in [-0.15, -0.1) is 0 Å². The first-order chi connectivity index (χ1) is 14.4. The van der Waals surface area contributed by atoms with Crippen LogP contribution in [0.1, 0.15) is 38.6 Å². The molecule has 1 unspecified atom stereocenters. The lowest BCUT2D eigenvalue weighted by Crippen LogP contribution is -2.42. The Hall–Kier alpha value is -2.29. The van der Waals surface area contributed by atoms with Gasteiger partial charge in [-0.25, -0.2) is 18.1 Å². The molecule has 7 nitrogen and oxygen atoms in total. The van der Waals surface area contributed by atoms with Gasteiger partial charge in [-0.1, -0.05) is 32.4 Å². The second-order valence-corrected chi connectivity index (χ2v) is 9.24. The lowest BCUT2D eigenvalue weighted by atomic mass is 10.0. The average molecular weight is 431 g/mol. The highest BCUT2D eigenvalue weighted by Crippen LogP contribution is 2.19. The van der Waals surface area contributed by atoms with Gasteiger partial charge in [-0.3, -0.25) is 4.98 Å². The number of ether oxygens (including phenoxy) is 1. The number of benzene rings is 1. The molecule has 1 N–H and O–H groups in total. The molecule has 0 saturated carbocycles. The van der Waals surface area contributed by atoms with Crippen LogP contribution < -0.4 is 4.72 Å². The molecule has 0 aliphatic rings. The van der Waals surface area contributed by atoms with Crippen LogP contribution in [0, 0.1) is 12.8 Å². The predicted molar refractivity (Wildman–Crippen MR) is 118 cm³/mol. The number of fused-ring (bicyclic) bond motifs is 1. The van der Waals surface area contributed by atoms with Crippen LogP contribution in [0.2, 0.25) is 0 Å². The maximum absolute atomic E-state index is 12.9. The van der Waals surface area contributed by atoms with E-state index in [1.807, 2.05) is 45.9 Å². The molecule has 0 aliphatic heterocycles. The molecule has 0 spiro atoms. The van der Waals surface area contributed by atoms with Crippen molar-refractivity contribution in [3.8, 4) is 0 Å². The van der Waals surface area contributed by atoms with Crippen molar-refractivity contribution in [2.24, 2.45) is 5.92 Å². The molecule has 2 atom stereocenters. The van der Waals surface area contributed by atoms with Gasteiger partial charge in [0.15, 0.2) is 0 Å². The van der Waals surface area contributed by atoms with Gasteiger partial charge in [0.2, 0.25) is 10.0 Å². The lowest BCUT2D eigenvalue weighted by Gasteiger charge is -2.24. The van der Waals surface area contributed by atoms with Crippen molar-refractivity contribution >= 4 is 21.1 Å². The smallest absolute Gasteiger partial charge is 0.240 e. The zero-order valence-electron chi connectivity index (χ0n) is 18.0. The summed E-state index contributed by atoms with van der Waals surface area (Å²) in [5.41, 5.74) is 2.86. The number of aryl methyl sites for hydroxylation is 1. The summed E-state index contributed by atoms with van der Waals surface area (Å²) in [5.74, 6) is 1.07. The van der Waals surface area contributed by atoms with Crippen molar-refractivity contribution in [1.29, 1.82) is 0 Å². The summed E-state index contributed by atoms with van der Waals surface area (Å²) >= 11 is 0. The normalized spacial score (nSPS) is 14.1. The quantitative estimate of drug-likeness (QED) is 0.532. The molecule has 30 heavy (non-hydrogen) atoms. The maximum Gasteiger partial charge on any atom is 0.240 e. The van der Waals surface area contributed by atoms with Gasteiger partial charge in [0, 0.05) is 25.4 Å². The van der Waals surface area contributed by atoms with Gasteiger partial charge in [-0.05, 0) is 43.5 Å². The summed E-state index contributed by atoms with van der Waals surface area (Å²) in [6.45, 7) is 9.47. The number of hydrogen-bond donors (Lipinski definition) is 1. The molecule has 0 amide bonds. The van der Waals surface area contributed by atoms with E-state index in [4.69, 9.17) is 4.74 Å². The summed E-state index contributed by atoms with van der Waals surface area (Å²) in [4.78, 5) is 8.90.